The Bertz CT molecular complexity index is 1470. The minimum absolute atomic E-state index is 0.0223. The number of carbonyl (C=O) groups is 2. The van der Waals surface area contributed by atoms with Crippen molar-refractivity contribution in [2.24, 2.45) is 0 Å². The quantitative estimate of drug-likeness (QED) is 0.358. The molecule has 7 nitrogen and oxygen atoms in total. The van der Waals surface area contributed by atoms with Gasteiger partial charge in [0.2, 0.25) is 0 Å². The zero-order valence-electron chi connectivity index (χ0n) is 18.1. The lowest BCUT2D eigenvalue weighted by Gasteiger charge is -2.15. The normalized spacial score (nSPS) is 11.8. The Morgan fingerprint density at radius 1 is 1.09 bits per heavy atom. The Hall–Kier alpha value is -3.68. The van der Waals surface area contributed by atoms with Crippen molar-refractivity contribution in [3.05, 3.63) is 92.2 Å². The molecule has 34 heavy (non-hydrogen) atoms. The second-order valence-corrected chi connectivity index (χ2v) is 8.30. The lowest BCUT2D eigenvalue weighted by molar-refractivity contribution is -0.123. The second kappa shape index (κ2) is 9.67. The zero-order valence-corrected chi connectivity index (χ0v) is 19.6. The third-order valence-electron chi connectivity index (χ3n) is 5.10. The van der Waals surface area contributed by atoms with Crippen molar-refractivity contribution in [2.75, 3.05) is 5.32 Å². The molecule has 172 valence electrons. The van der Waals surface area contributed by atoms with Crippen LogP contribution >= 0.6 is 23.2 Å². The van der Waals surface area contributed by atoms with Gasteiger partial charge >= 0.3 is 5.97 Å². The Balaban J connectivity index is 1.64. The van der Waals surface area contributed by atoms with Crippen LogP contribution in [0.3, 0.4) is 0 Å². The molecule has 0 bridgehead atoms. The first-order valence-corrected chi connectivity index (χ1v) is 11.0. The number of halogens is 2. The van der Waals surface area contributed by atoms with Crippen molar-refractivity contribution in [3.8, 4) is 11.3 Å². The van der Waals surface area contributed by atoms with Crippen molar-refractivity contribution >= 4 is 51.9 Å². The number of aromatic nitrogens is 1. The van der Waals surface area contributed by atoms with Crippen LogP contribution in [0, 0.1) is 6.92 Å². The molecule has 2 aromatic heterocycles. The van der Waals surface area contributed by atoms with Gasteiger partial charge in [-0.25, -0.2) is 9.78 Å². The predicted octanol–water partition coefficient (Wildman–Crippen LogP) is 5.65. The molecule has 0 spiro atoms. The molecule has 1 N–H and O–H groups in total. The molecule has 0 saturated heterocycles. The number of rotatable bonds is 5. The lowest BCUT2D eigenvalue weighted by Crippen LogP contribution is -2.30. The highest BCUT2D eigenvalue weighted by molar-refractivity contribution is 6.36. The summed E-state index contributed by atoms with van der Waals surface area (Å²) in [6.07, 6.45) is 0.131. The van der Waals surface area contributed by atoms with Gasteiger partial charge in [-0.1, -0.05) is 59.6 Å². The van der Waals surface area contributed by atoms with E-state index in [9.17, 15) is 14.4 Å². The van der Waals surface area contributed by atoms with Crippen LogP contribution in [0.2, 0.25) is 10.0 Å². The van der Waals surface area contributed by atoms with Gasteiger partial charge in [-0.3, -0.25) is 9.59 Å². The van der Waals surface area contributed by atoms with Gasteiger partial charge in [0.15, 0.2) is 22.9 Å². The largest absolute Gasteiger partial charge is 0.455 e. The summed E-state index contributed by atoms with van der Waals surface area (Å²) in [5.74, 6) is -1.03. The Morgan fingerprint density at radius 3 is 2.53 bits per heavy atom. The minimum atomic E-state index is -1.19. The Labute approximate surface area is 204 Å². The average Bonchev–Trinajstić information content (AvgIpc) is 2.83. The summed E-state index contributed by atoms with van der Waals surface area (Å²) >= 11 is 11.8. The first-order chi connectivity index (χ1) is 16.3. The maximum Gasteiger partial charge on any atom is 0.342 e. The van der Waals surface area contributed by atoms with Crippen molar-refractivity contribution in [2.45, 2.75) is 20.0 Å². The number of fused-ring (bicyclic) bond motifs is 1. The molecule has 9 heteroatoms. The summed E-state index contributed by atoms with van der Waals surface area (Å²) in [5.41, 5.74) is 0.960. The third-order valence-corrected chi connectivity index (χ3v) is 5.60. The topological polar surface area (TPSA) is 98.5 Å². The highest BCUT2D eigenvalue weighted by atomic mass is 35.5. The fourth-order valence-corrected chi connectivity index (χ4v) is 3.76. The zero-order chi connectivity index (χ0) is 24.4. The van der Waals surface area contributed by atoms with Crippen molar-refractivity contribution in [1.29, 1.82) is 0 Å². The smallest absolute Gasteiger partial charge is 0.342 e. The summed E-state index contributed by atoms with van der Waals surface area (Å²) in [4.78, 5) is 42.4. The van der Waals surface area contributed by atoms with Gasteiger partial charge in [0.1, 0.15) is 11.3 Å². The number of benzene rings is 2. The fraction of sp³-hybridized carbons (Fsp3) is 0.120. The van der Waals surface area contributed by atoms with Crippen LogP contribution in [-0.4, -0.2) is 23.0 Å². The van der Waals surface area contributed by atoms with E-state index in [1.165, 1.54) is 25.3 Å². The van der Waals surface area contributed by atoms with Gasteiger partial charge in [-0.15, -0.1) is 0 Å². The van der Waals surface area contributed by atoms with Crippen LogP contribution < -0.4 is 10.7 Å². The van der Waals surface area contributed by atoms with E-state index in [1.807, 2.05) is 18.2 Å². The average molecular weight is 497 g/mol. The van der Waals surface area contributed by atoms with Gasteiger partial charge in [-0.2, -0.15) is 0 Å². The summed E-state index contributed by atoms with van der Waals surface area (Å²) in [7, 11) is 0. The van der Waals surface area contributed by atoms with Crippen molar-refractivity contribution < 1.29 is 18.7 Å². The standard InChI is InChI=1S/C25H18Cl2N2O5/c1-13-20(30)17-9-6-10-18(22(17)34-21(13)15-7-4-3-5-8-15)25(32)33-14(2)24(31)29-23-19(27)11-16(26)12-28-23/h3-12,14H,1-2H3,(H,28,29,31). The summed E-state index contributed by atoms with van der Waals surface area (Å²) < 4.78 is 11.4. The molecular weight excluding hydrogens is 479 g/mol. The molecule has 0 fully saturated rings. The molecule has 0 saturated carbocycles. The molecule has 0 aliphatic heterocycles. The number of amides is 1. The molecule has 4 aromatic rings. The number of anilines is 1. The third kappa shape index (κ3) is 4.66. The maximum atomic E-state index is 13.0. The van der Waals surface area contributed by atoms with Crippen LogP contribution in [0.15, 0.2) is 70.0 Å². The van der Waals surface area contributed by atoms with E-state index in [4.69, 9.17) is 32.4 Å². The number of para-hydroxylation sites is 1. The van der Waals surface area contributed by atoms with E-state index in [1.54, 1.807) is 31.2 Å². The maximum absolute atomic E-state index is 13.0. The van der Waals surface area contributed by atoms with Crippen LogP contribution in [0.25, 0.3) is 22.3 Å². The monoisotopic (exact) mass is 496 g/mol. The molecule has 0 aliphatic carbocycles. The van der Waals surface area contributed by atoms with Crippen LogP contribution in [0.1, 0.15) is 22.8 Å². The number of ether oxygens (including phenoxy) is 1. The predicted molar refractivity (Wildman–Crippen MR) is 130 cm³/mol. The number of hydrogen-bond donors (Lipinski definition) is 1. The molecule has 1 atom stereocenters. The lowest BCUT2D eigenvalue weighted by atomic mass is 10.0. The van der Waals surface area contributed by atoms with Crippen LogP contribution in [-0.2, 0) is 9.53 Å². The molecular formula is C25H18Cl2N2O5. The van der Waals surface area contributed by atoms with Crippen molar-refractivity contribution in [3.63, 3.8) is 0 Å². The van der Waals surface area contributed by atoms with E-state index in [0.717, 1.165) is 0 Å². The molecule has 2 aromatic carbocycles. The van der Waals surface area contributed by atoms with E-state index >= 15 is 0 Å². The summed E-state index contributed by atoms with van der Waals surface area (Å²) in [6.45, 7) is 3.07. The highest BCUT2D eigenvalue weighted by Crippen LogP contribution is 2.28. The summed E-state index contributed by atoms with van der Waals surface area (Å²) in [5, 5.41) is 3.17. The van der Waals surface area contributed by atoms with Crippen molar-refractivity contribution in [1.82, 2.24) is 4.98 Å². The number of nitrogens with one attached hydrogen (secondary N) is 1. The van der Waals surface area contributed by atoms with E-state index in [2.05, 4.69) is 10.3 Å². The molecule has 0 aliphatic rings. The second-order valence-electron chi connectivity index (χ2n) is 7.45. The number of carbonyl (C=O) groups excluding carboxylic acids is 2. The van der Waals surface area contributed by atoms with Crippen LogP contribution in [0.4, 0.5) is 5.82 Å². The van der Waals surface area contributed by atoms with Gasteiger partial charge in [0.05, 0.1) is 15.4 Å². The van der Waals surface area contributed by atoms with Gasteiger partial charge in [-0.05, 0) is 32.0 Å². The number of pyridine rings is 1. The fourth-order valence-electron chi connectivity index (χ4n) is 3.34. The SMILES string of the molecule is Cc1c(-c2ccccc2)oc2c(C(=O)OC(C)C(=O)Nc3ncc(Cl)cc3Cl)cccc2c1=O. The molecule has 2 heterocycles. The summed E-state index contributed by atoms with van der Waals surface area (Å²) in [6, 6.07) is 15.1. The molecule has 4 rings (SSSR count). The number of hydrogen-bond acceptors (Lipinski definition) is 6. The number of nitrogens with zero attached hydrogens (tertiary/aromatic N) is 1. The first-order valence-electron chi connectivity index (χ1n) is 10.2. The highest BCUT2D eigenvalue weighted by Gasteiger charge is 2.24. The first kappa shape index (κ1) is 23.5. The molecule has 0 radical (unpaired) electrons. The van der Waals surface area contributed by atoms with Crippen LogP contribution in [0.5, 0.6) is 0 Å². The van der Waals surface area contributed by atoms with E-state index in [0.29, 0.717) is 21.9 Å². The van der Waals surface area contributed by atoms with E-state index < -0.39 is 18.0 Å². The number of esters is 1. The van der Waals surface area contributed by atoms with Gasteiger partial charge < -0.3 is 14.5 Å². The van der Waals surface area contributed by atoms with Gasteiger partial charge in [0, 0.05) is 17.3 Å². The molecule has 1 amide bonds. The van der Waals surface area contributed by atoms with Gasteiger partial charge in [0.25, 0.3) is 5.91 Å². The van der Waals surface area contributed by atoms with E-state index in [-0.39, 0.29) is 32.8 Å². The minimum Gasteiger partial charge on any atom is -0.455 e. The Kier molecular flexibility index (Phi) is 6.68. The molecule has 1 unspecified atom stereocenters. The Morgan fingerprint density at radius 2 is 1.82 bits per heavy atom.